The second-order valence-corrected chi connectivity index (χ2v) is 5.13. The predicted molar refractivity (Wildman–Crippen MR) is 85.1 cm³/mol. The second kappa shape index (κ2) is 5.53. The Bertz CT molecular complexity index is 897. The van der Waals surface area contributed by atoms with Crippen LogP contribution >= 0.6 is 0 Å². The maximum atomic E-state index is 12.4. The molecule has 0 spiro atoms. The minimum absolute atomic E-state index is 0.0483. The Balaban J connectivity index is 2.08. The zero-order chi connectivity index (χ0) is 16.6. The molecule has 5 heteroatoms. The van der Waals surface area contributed by atoms with E-state index in [4.69, 9.17) is 4.74 Å². The number of hydrogen-bond donors (Lipinski definition) is 3. The number of fused-ring (bicyclic) bond motifs is 1. The minimum atomic E-state index is -0.785. The van der Waals surface area contributed by atoms with Crippen molar-refractivity contribution in [2.75, 3.05) is 0 Å². The van der Waals surface area contributed by atoms with Gasteiger partial charge in [0.25, 0.3) is 0 Å². The van der Waals surface area contributed by atoms with E-state index in [1.165, 1.54) is 31.2 Å². The molecular formula is C18H14O5. The maximum absolute atomic E-state index is 12.4. The van der Waals surface area contributed by atoms with Crippen LogP contribution in [0.4, 0.5) is 0 Å². The quantitative estimate of drug-likeness (QED) is 0.383. The Labute approximate surface area is 132 Å². The Morgan fingerprint density at radius 2 is 1.43 bits per heavy atom. The molecule has 0 atom stereocenters. The van der Waals surface area contributed by atoms with Gasteiger partial charge in [-0.3, -0.25) is 0 Å². The van der Waals surface area contributed by atoms with Crippen LogP contribution in [0.25, 0.3) is 10.8 Å². The third-order valence-electron chi connectivity index (χ3n) is 3.66. The molecule has 3 aromatic rings. The monoisotopic (exact) mass is 310 g/mol. The molecule has 0 aromatic heterocycles. The normalized spacial score (nSPS) is 10.7. The SMILES string of the molecule is Cc1c(C(=O)Oc2ccc(O)cc2)c(O)c2ccccc2c1O. The van der Waals surface area contributed by atoms with Crippen molar-refractivity contribution in [1.29, 1.82) is 0 Å². The Hall–Kier alpha value is -3.21. The van der Waals surface area contributed by atoms with Crippen molar-refractivity contribution < 1.29 is 24.9 Å². The van der Waals surface area contributed by atoms with E-state index >= 15 is 0 Å². The van der Waals surface area contributed by atoms with Crippen LogP contribution < -0.4 is 4.74 Å². The van der Waals surface area contributed by atoms with E-state index < -0.39 is 5.97 Å². The molecule has 23 heavy (non-hydrogen) atoms. The van der Waals surface area contributed by atoms with Crippen molar-refractivity contribution >= 4 is 16.7 Å². The summed E-state index contributed by atoms with van der Waals surface area (Å²) in [5, 5.41) is 30.7. The fourth-order valence-electron chi connectivity index (χ4n) is 2.45. The lowest BCUT2D eigenvalue weighted by molar-refractivity contribution is 0.0730. The molecule has 0 radical (unpaired) electrons. The summed E-state index contributed by atoms with van der Waals surface area (Å²) in [6.07, 6.45) is 0. The molecule has 0 aliphatic rings. The lowest BCUT2D eigenvalue weighted by Crippen LogP contribution is -2.11. The number of rotatable bonds is 2. The number of esters is 1. The fraction of sp³-hybridized carbons (Fsp3) is 0.0556. The van der Waals surface area contributed by atoms with Gasteiger partial charge in [-0.2, -0.15) is 0 Å². The van der Waals surface area contributed by atoms with Gasteiger partial charge in [-0.25, -0.2) is 4.79 Å². The molecule has 0 aliphatic carbocycles. The summed E-state index contributed by atoms with van der Waals surface area (Å²) in [6, 6.07) is 12.3. The molecule has 5 nitrogen and oxygen atoms in total. The first-order valence-corrected chi connectivity index (χ1v) is 6.93. The molecule has 3 rings (SSSR count). The molecular weight excluding hydrogens is 296 g/mol. The molecule has 116 valence electrons. The van der Waals surface area contributed by atoms with Crippen LogP contribution in [0, 0.1) is 6.92 Å². The van der Waals surface area contributed by atoms with E-state index in [1.54, 1.807) is 24.3 Å². The molecule has 0 amide bonds. The standard InChI is InChI=1S/C18H14O5/c1-10-15(18(22)23-12-8-6-11(19)7-9-12)17(21)14-5-3-2-4-13(14)16(10)20/h2-9,19-21H,1H3. The van der Waals surface area contributed by atoms with Gasteiger partial charge in [-0.1, -0.05) is 24.3 Å². The van der Waals surface area contributed by atoms with Gasteiger partial charge in [0, 0.05) is 16.3 Å². The first-order valence-electron chi connectivity index (χ1n) is 6.93. The minimum Gasteiger partial charge on any atom is -0.508 e. The molecule has 0 saturated heterocycles. The number of ether oxygens (including phenoxy) is 1. The summed E-state index contributed by atoms with van der Waals surface area (Å²) >= 11 is 0. The van der Waals surface area contributed by atoms with Crippen molar-refractivity contribution in [3.05, 3.63) is 59.7 Å². The molecule has 3 aromatic carbocycles. The third-order valence-corrected chi connectivity index (χ3v) is 3.66. The van der Waals surface area contributed by atoms with Gasteiger partial charge in [0.1, 0.15) is 28.6 Å². The summed E-state index contributed by atoms with van der Waals surface area (Å²) in [5.41, 5.74) is 0.152. The van der Waals surface area contributed by atoms with Crippen molar-refractivity contribution in [2.24, 2.45) is 0 Å². The molecule has 0 unspecified atom stereocenters. The number of carbonyl (C=O) groups is 1. The smallest absolute Gasteiger partial charge is 0.347 e. The van der Waals surface area contributed by atoms with Gasteiger partial charge in [-0.05, 0) is 31.2 Å². The van der Waals surface area contributed by atoms with Gasteiger partial charge >= 0.3 is 5.97 Å². The van der Waals surface area contributed by atoms with E-state index in [9.17, 15) is 20.1 Å². The van der Waals surface area contributed by atoms with Crippen LogP contribution in [0.2, 0.25) is 0 Å². The van der Waals surface area contributed by atoms with Crippen LogP contribution in [0.3, 0.4) is 0 Å². The number of phenols is 3. The number of phenolic OH excluding ortho intramolecular Hbond substituents is 3. The molecule has 0 bridgehead atoms. The highest BCUT2D eigenvalue weighted by atomic mass is 16.5. The molecule has 0 saturated carbocycles. The Kier molecular flexibility index (Phi) is 3.54. The van der Waals surface area contributed by atoms with E-state index in [1.807, 2.05) is 0 Å². The van der Waals surface area contributed by atoms with E-state index in [0.717, 1.165) is 0 Å². The second-order valence-electron chi connectivity index (χ2n) is 5.13. The topological polar surface area (TPSA) is 87.0 Å². The van der Waals surface area contributed by atoms with Gasteiger partial charge in [-0.15, -0.1) is 0 Å². The zero-order valence-electron chi connectivity index (χ0n) is 12.3. The number of carbonyl (C=O) groups excluding carboxylic acids is 1. The molecule has 0 aliphatic heterocycles. The Morgan fingerprint density at radius 3 is 2.04 bits per heavy atom. The molecule has 0 fully saturated rings. The average Bonchev–Trinajstić information content (AvgIpc) is 2.55. The first kappa shape index (κ1) is 14.7. The van der Waals surface area contributed by atoms with Crippen molar-refractivity contribution in [2.45, 2.75) is 6.92 Å². The van der Waals surface area contributed by atoms with E-state index in [2.05, 4.69) is 0 Å². The highest BCUT2D eigenvalue weighted by molar-refractivity contribution is 6.06. The summed E-state index contributed by atoms with van der Waals surface area (Å²) in [5.74, 6) is -0.825. The Morgan fingerprint density at radius 1 is 0.870 bits per heavy atom. The van der Waals surface area contributed by atoms with E-state index in [-0.39, 0.29) is 34.1 Å². The largest absolute Gasteiger partial charge is 0.508 e. The molecule has 3 N–H and O–H groups in total. The highest BCUT2D eigenvalue weighted by Crippen LogP contribution is 2.39. The number of hydrogen-bond acceptors (Lipinski definition) is 5. The summed E-state index contributed by atoms with van der Waals surface area (Å²) in [4.78, 5) is 12.4. The summed E-state index contributed by atoms with van der Waals surface area (Å²) in [6.45, 7) is 1.54. The van der Waals surface area contributed by atoms with Gasteiger partial charge in [0.15, 0.2) is 0 Å². The average molecular weight is 310 g/mol. The van der Waals surface area contributed by atoms with Crippen LogP contribution in [0.15, 0.2) is 48.5 Å². The first-order chi connectivity index (χ1) is 11.0. The number of aromatic hydroxyl groups is 3. The van der Waals surface area contributed by atoms with Gasteiger partial charge < -0.3 is 20.1 Å². The third kappa shape index (κ3) is 2.53. The van der Waals surface area contributed by atoms with Crippen molar-refractivity contribution in [3.63, 3.8) is 0 Å². The lowest BCUT2D eigenvalue weighted by Gasteiger charge is -2.13. The van der Waals surface area contributed by atoms with Crippen molar-refractivity contribution in [3.8, 4) is 23.0 Å². The highest BCUT2D eigenvalue weighted by Gasteiger charge is 2.23. The summed E-state index contributed by atoms with van der Waals surface area (Å²) < 4.78 is 5.20. The van der Waals surface area contributed by atoms with Crippen LogP contribution in [-0.4, -0.2) is 21.3 Å². The zero-order valence-corrected chi connectivity index (χ0v) is 12.3. The van der Waals surface area contributed by atoms with Crippen molar-refractivity contribution in [1.82, 2.24) is 0 Å². The van der Waals surface area contributed by atoms with Crippen LogP contribution in [-0.2, 0) is 0 Å². The lowest BCUT2D eigenvalue weighted by atomic mass is 9.98. The van der Waals surface area contributed by atoms with Gasteiger partial charge in [0.05, 0.1) is 0 Å². The van der Waals surface area contributed by atoms with Crippen LogP contribution in [0.1, 0.15) is 15.9 Å². The predicted octanol–water partition coefficient (Wildman–Crippen LogP) is 3.48. The summed E-state index contributed by atoms with van der Waals surface area (Å²) in [7, 11) is 0. The number of benzene rings is 3. The van der Waals surface area contributed by atoms with Crippen LogP contribution in [0.5, 0.6) is 23.0 Å². The van der Waals surface area contributed by atoms with Gasteiger partial charge in [0.2, 0.25) is 0 Å². The van der Waals surface area contributed by atoms with E-state index in [0.29, 0.717) is 10.8 Å². The fourth-order valence-corrected chi connectivity index (χ4v) is 2.45. The maximum Gasteiger partial charge on any atom is 0.347 e. The molecule has 0 heterocycles.